The Kier molecular flexibility index (Phi) is 6.13. The molecule has 14 heavy (non-hydrogen) atoms. The van der Waals surface area contributed by atoms with E-state index in [0.717, 1.165) is 0 Å². The van der Waals surface area contributed by atoms with E-state index in [1.54, 1.807) is 0 Å². The first-order chi connectivity index (χ1) is 6.64. The molecular weight excluding hydrogens is 190 g/mol. The van der Waals surface area contributed by atoms with Crippen molar-refractivity contribution in [2.24, 2.45) is 10.9 Å². The Morgan fingerprint density at radius 3 is 2.07 bits per heavy atom. The Bertz CT molecular complexity index is 174. The van der Waals surface area contributed by atoms with Crippen LogP contribution in [0.5, 0.6) is 0 Å². The van der Waals surface area contributed by atoms with E-state index in [1.807, 2.05) is 0 Å². The van der Waals surface area contributed by atoms with Crippen molar-refractivity contribution >= 4 is 5.84 Å². The van der Waals surface area contributed by atoms with Crippen molar-refractivity contribution in [3.8, 4) is 0 Å². The Morgan fingerprint density at radius 2 is 1.71 bits per heavy atom. The molecule has 0 amide bonds. The minimum atomic E-state index is -1.12. The number of aliphatic hydroxyl groups is 3. The molecule has 0 rings (SSSR count). The van der Waals surface area contributed by atoms with Crippen molar-refractivity contribution in [3.63, 3.8) is 0 Å². The summed E-state index contributed by atoms with van der Waals surface area (Å²) in [6.07, 6.45) is 0.262. The van der Waals surface area contributed by atoms with Gasteiger partial charge in [-0.1, -0.05) is 5.16 Å². The van der Waals surface area contributed by atoms with Crippen LogP contribution in [0.3, 0.4) is 0 Å². The lowest BCUT2D eigenvalue weighted by atomic mass is 10.0. The Labute approximate surface area is 81.8 Å². The number of rotatable bonds is 7. The largest absolute Gasteiger partial charge is 0.409 e. The van der Waals surface area contributed by atoms with Crippen molar-refractivity contribution in [2.45, 2.75) is 12.0 Å². The quantitative estimate of drug-likeness (QED) is 0.118. The van der Waals surface area contributed by atoms with Crippen molar-refractivity contribution in [1.29, 1.82) is 0 Å². The molecule has 0 aromatic heterocycles. The maximum Gasteiger partial charge on any atom is 0.140 e. The van der Waals surface area contributed by atoms with E-state index in [1.165, 1.54) is 0 Å². The SMILES string of the molecule is NC(CCNC(CO)(CO)CO)=NO. The van der Waals surface area contributed by atoms with Gasteiger partial charge in [-0.15, -0.1) is 0 Å². The molecule has 0 aliphatic heterocycles. The summed E-state index contributed by atoms with van der Waals surface area (Å²) < 4.78 is 0. The summed E-state index contributed by atoms with van der Waals surface area (Å²) >= 11 is 0. The second-order valence-corrected chi connectivity index (χ2v) is 3.02. The van der Waals surface area contributed by atoms with E-state index >= 15 is 0 Å². The van der Waals surface area contributed by atoms with Gasteiger partial charge in [-0.3, -0.25) is 0 Å². The molecule has 0 aliphatic rings. The zero-order chi connectivity index (χ0) is 11.0. The molecule has 0 aromatic carbocycles. The van der Waals surface area contributed by atoms with Crippen molar-refractivity contribution in [1.82, 2.24) is 5.32 Å². The third kappa shape index (κ3) is 3.88. The molecule has 0 saturated carbocycles. The lowest BCUT2D eigenvalue weighted by Crippen LogP contribution is -2.55. The third-order valence-corrected chi connectivity index (χ3v) is 1.92. The highest BCUT2D eigenvalue weighted by Crippen LogP contribution is 2.00. The minimum absolute atomic E-state index is 0.0419. The minimum Gasteiger partial charge on any atom is -0.409 e. The zero-order valence-corrected chi connectivity index (χ0v) is 7.85. The molecule has 0 spiro atoms. The number of nitrogens with one attached hydrogen (secondary N) is 1. The lowest BCUT2D eigenvalue weighted by Gasteiger charge is -2.28. The smallest absolute Gasteiger partial charge is 0.140 e. The molecule has 0 saturated heterocycles. The predicted molar refractivity (Wildman–Crippen MR) is 50.0 cm³/mol. The average molecular weight is 207 g/mol. The summed E-state index contributed by atoms with van der Waals surface area (Å²) in [5.41, 5.74) is 4.08. The predicted octanol–water partition coefficient (Wildman–Crippen LogP) is -2.57. The summed E-state index contributed by atoms with van der Waals surface area (Å²) in [6.45, 7) is -0.889. The highest BCUT2D eigenvalue weighted by Gasteiger charge is 2.26. The van der Waals surface area contributed by atoms with Crippen molar-refractivity contribution in [2.75, 3.05) is 26.4 Å². The zero-order valence-electron chi connectivity index (χ0n) is 7.85. The fraction of sp³-hybridized carbons (Fsp3) is 0.857. The van der Waals surface area contributed by atoms with Crippen LogP contribution in [0.15, 0.2) is 5.16 Å². The van der Waals surface area contributed by atoms with E-state index < -0.39 is 25.4 Å². The third-order valence-electron chi connectivity index (χ3n) is 1.92. The second-order valence-electron chi connectivity index (χ2n) is 3.02. The van der Waals surface area contributed by atoms with Crippen LogP contribution in [0.4, 0.5) is 0 Å². The highest BCUT2D eigenvalue weighted by atomic mass is 16.4. The highest BCUT2D eigenvalue weighted by molar-refractivity contribution is 5.79. The van der Waals surface area contributed by atoms with Gasteiger partial charge >= 0.3 is 0 Å². The van der Waals surface area contributed by atoms with E-state index in [9.17, 15) is 0 Å². The van der Waals surface area contributed by atoms with Crippen LogP contribution in [-0.4, -0.2) is 58.3 Å². The molecular formula is C7H17N3O4. The number of hydrogen-bond donors (Lipinski definition) is 6. The summed E-state index contributed by atoms with van der Waals surface area (Å²) in [4.78, 5) is 0. The molecule has 0 unspecified atom stereocenters. The molecule has 0 radical (unpaired) electrons. The van der Waals surface area contributed by atoms with E-state index in [-0.39, 0.29) is 18.8 Å². The van der Waals surface area contributed by atoms with Crippen LogP contribution in [0.2, 0.25) is 0 Å². The fourth-order valence-corrected chi connectivity index (χ4v) is 0.823. The molecule has 0 atom stereocenters. The molecule has 7 heteroatoms. The van der Waals surface area contributed by atoms with Gasteiger partial charge < -0.3 is 31.6 Å². The molecule has 0 aromatic rings. The van der Waals surface area contributed by atoms with Gasteiger partial charge in [-0.05, 0) is 0 Å². The number of amidine groups is 1. The first-order valence-electron chi connectivity index (χ1n) is 4.18. The number of nitrogens with two attached hydrogens (primary N) is 1. The maximum absolute atomic E-state index is 8.91. The maximum atomic E-state index is 8.91. The Balaban J connectivity index is 3.94. The van der Waals surface area contributed by atoms with Gasteiger partial charge in [0, 0.05) is 13.0 Å². The number of oxime groups is 1. The number of hydrogen-bond acceptors (Lipinski definition) is 6. The fourth-order valence-electron chi connectivity index (χ4n) is 0.823. The number of nitrogens with zero attached hydrogens (tertiary/aromatic N) is 1. The molecule has 0 aliphatic carbocycles. The van der Waals surface area contributed by atoms with Gasteiger partial charge in [0.25, 0.3) is 0 Å². The molecule has 84 valence electrons. The van der Waals surface area contributed by atoms with Gasteiger partial charge in [0.15, 0.2) is 0 Å². The van der Waals surface area contributed by atoms with E-state index in [2.05, 4.69) is 10.5 Å². The van der Waals surface area contributed by atoms with Crippen LogP contribution >= 0.6 is 0 Å². The van der Waals surface area contributed by atoms with E-state index in [0.29, 0.717) is 0 Å². The monoisotopic (exact) mass is 207 g/mol. The summed E-state index contributed by atoms with van der Waals surface area (Å²) in [5.74, 6) is 0.0419. The molecule has 0 fully saturated rings. The lowest BCUT2D eigenvalue weighted by molar-refractivity contribution is 0.0434. The van der Waals surface area contributed by atoms with Gasteiger partial charge in [-0.2, -0.15) is 0 Å². The van der Waals surface area contributed by atoms with Crippen LogP contribution in [-0.2, 0) is 0 Å². The topological polar surface area (TPSA) is 131 Å². The number of aliphatic hydroxyl groups excluding tert-OH is 3. The summed E-state index contributed by atoms with van der Waals surface area (Å²) in [5, 5.41) is 40.4. The first kappa shape index (κ1) is 13.1. The van der Waals surface area contributed by atoms with Crippen LogP contribution in [0.1, 0.15) is 6.42 Å². The van der Waals surface area contributed by atoms with Gasteiger partial charge in [-0.25, -0.2) is 0 Å². The Hall–Kier alpha value is -0.890. The Morgan fingerprint density at radius 1 is 1.21 bits per heavy atom. The van der Waals surface area contributed by atoms with E-state index in [4.69, 9.17) is 26.3 Å². The molecule has 0 bridgehead atoms. The molecule has 7 nitrogen and oxygen atoms in total. The summed E-state index contributed by atoms with van der Waals surface area (Å²) in [7, 11) is 0. The molecule has 0 heterocycles. The normalized spacial score (nSPS) is 13.2. The second kappa shape index (κ2) is 6.55. The van der Waals surface area contributed by atoms with Gasteiger partial charge in [0.05, 0.1) is 25.4 Å². The average Bonchev–Trinajstić information content (AvgIpc) is 2.25. The molecule has 7 N–H and O–H groups in total. The summed E-state index contributed by atoms with van der Waals surface area (Å²) in [6, 6.07) is 0. The first-order valence-corrected chi connectivity index (χ1v) is 4.18. The van der Waals surface area contributed by atoms with Crippen molar-refractivity contribution in [3.05, 3.63) is 0 Å². The van der Waals surface area contributed by atoms with Crippen molar-refractivity contribution < 1.29 is 20.5 Å². The van der Waals surface area contributed by atoms with Gasteiger partial charge in [0.1, 0.15) is 5.84 Å². The standard InChI is InChI=1S/C7H17N3O4/c8-6(10-14)1-2-9-7(3-11,4-12)5-13/h9,11-14H,1-5H2,(H2,8,10). The van der Waals surface area contributed by atoms with Crippen LogP contribution in [0.25, 0.3) is 0 Å². The van der Waals surface area contributed by atoms with Crippen LogP contribution < -0.4 is 11.1 Å². The van der Waals surface area contributed by atoms with Gasteiger partial charge in [0.2, 0.25) is 0 Å². The van der Waals surface area contributed by atoms with Crippen LogP contribution in [0, 0.1) is 0 Å².